The van der Waals surface area contributed by atoms with Crippen LogP contribution < -0.4 is 0 Å². The molecule has 1 unspecified atom stereocenters. The van der Waals surface area contributed by atoms with Gasteiger partial charge in [0, 0.05) is 12.7 Å². The standard InChI is InChI=1S/C16H22N2O3/c1-3-18(10-12-6-4-5-7-17-12)15(19)13-8-11(2)9-14(13)16(20)21/h4-7,11,13-14H,3,8-10H2,1-2H3,(H,20,21)/t11?,13-,14+/m0/s1. The third-order valence-electron chi connectivity index (χ3n) is 4.21. The predicted octanol–water partition coefficient (Wildman–Crippen LogP) is 2.18. The molecule has 5 heteroatoms. The van der Waals surface area contributed by atoms with E-state index in [4.69, 9.17) is 0 Å². The minimum Gasteiger partial charge on any atom is -0.481 e. The van der Waals surface area contributed by atoms with Gasteiger partial charge in [-0.3, -0.25) is 14.6 Å². The molecule has 0 saturated heterocycles. The molecule has 21 heavy (non-hydrogen) atoms. The van der Waals surface area contributed by atoms with E-state index in [1.807, 2.05) is 32.0 Å². The first kappa shape index (κ1) is 15.5. The lowest BCUT2D eigenvalue weighted by Gasteiger charge is -2.25. The Labute approximate surface area is 125 Å². The van der Waals surface area contributed by atoms with Crippen LogP contribution in [-0.2, 0) is 16.1 Å². The Hall–Kier alpha value is -1.91. The number of aromatic nitrogens is 1. The van der Waals surface area contributed by atoms with Crippen LogP contribution in [0.3, 0.4) is 0 Å². The molecular weight excluding hydrogens is 268 g/mol. The Kier molecular flexibility index (Phi) is 4.94. The molecule has 2 rings (SSSR count). The van der Waals surface area contributed by atoms with Crippen LogP contribution in [0.4, 0.5) is 0 Å². The molecule has 0 spiro atoms. The molecule has 0 radical (unpaired) electrons. The molecule has 3 atom stereocenters. The summed E-state index contributed by atoms with van der Waals surface area (Å²) in [5.74, 6) is -1.58. The van der Waals surface area contributed by atoms with Crippen molar-refractivity contribution in [3.05, 3.63) is 30.1 Å². The SMILES string of the molecule is CCN(Cc1ccccn1)C(=O)[C@H]1CC(C)C[C@H]1C(=O)O. The fourth-order valence-corrected chi connectivity index (χ4v) is 3.10. The number of pyridine rings is 1. The number of hydrogen-bond acceptors (Lipinski definition) is 3. The lowest BCUT2D eigenvalue weighted by molar-refractivity contribution is -0.149. The highest BCUT2D eigenvalue weighted by atomic mass is 16.4. The van der Waals surface area contributed by atoms with Crippen molar-refractivity contribution in [1.29, 1.82) is 0 Å². The fraction of sp³-hybridized carbons (Fsp3) is 0.562. The molecule has 1 fully saturated rings. The maximum Gasteiger partial charge on any atom is 0.307 e. The average Bonchev–Trinajstić information content (AvgIpc) is 2.87. The number of rotatable bonds is 5. The summed E-state index contributed by atoms with van der Waals surface area (Å²) in [6.07, 6.45) is 2.95. The number of nitrogens with zero attached hydrogens (tertiary/aromatic N) is 2. The smallest absolute Gasteiger partial charge is 0.307 e. The molecule has 1 aliphatic carbocycles. The summed E-state index contributed by atoms with van der Waals surface area (Å²) in [5.41, 5.74) is 0.825. The van der Waals surface area contributed by atoms with Gasteiger partial charge in [0.2, 0.25) is 5.91 Å². The Balaban J connectivity index is 2.10. The van der Waals surface area contributed by atoms with Gasteiger partial charge >= 0.3 is 5.97 Å². The molecule has 5 nitrogen and oxygen atoms in total. The van der Waals surface area contributed by atoms with E-state index in [1.54, 1.807) is 11.1 Å². The van der Waals surface area contributed by atoms with Crippen molar-refractivity contribution in [1.82, 2.24) is 9.88 Å². The molecule has 1 saturated carbocycles. The lowest BCUT2D eigenvalue weighted by atomic mass is 9.94. The molecule has 1 aromatic heterocycles. The summed E-state index contributed by atoms with van der Waals surface area (Å²) in [7, 11) is 0. The zero-order valence-corrected chi connectivity index (χ0v) is 12.5. The first-order valence-electron chi connectivity index (χ1n) is 7.44. The van der Waals surface area contributed by atoms with E-state index in [-0.39, 0.29) is 11.8 Å². The van der Waals surface area contributed by atoms with Crippen molar-refractivity contribution in [2.75, 3.05) is 6.54 Å². The van der Waals surface area contributed by atoms with E-state index in [0.717, 1.165) is 5.69 Å². The van der Waals surface area contributed by atoms with Crippen LogP contribution in [0.5, 0.6) is 0 Å². The van der Waals surface area contributed by atoms with Gasteiger partial charge in [-0.1, -0.05) is 13.0 Å². The van der Waals surface area contributed by atoms with Crippen LogP contribution in [0.25, 0.3) is 0 Å². The normalized spacial score (nSPS) is 24.8. The summed E-state index contributed by atoms with van der Waals surface area (Å²) >= 11 is 0. The summed E-state index contributed by atoms with van der Waals surface area (Å²) in [4.78, 5) is 30.0. The molecule has 1 N–H and O–H groups in total. The second-order valence-electron chi connectivity index (χ2n) is 5.80. The fourth-order valence-electron chi connectivity index (χ4n) is 3.10. The summed E-state index contributed by atoms with van der Waals surface area (Å²) < 4.78 is 0. The van der Waals surface area contributed by atoms with Crippen molar-refractivity contribution in [2.45, 2.75) is 33.2 Å². The van der Waals surface area contributed by atoms with Gasteiger partial charge in [0.05, 0.1) is 24.1 Å². The number of carbonyl (C=O) groups is 2. The van der Waals surface area contributed by atoms with Crippen LogP contribution in [0.15, 0.2) is 24.4 Å². The van der Waals surface area contributed by atoms with Crippen LogP contribution >= 0.6 is 0 Å². The van der Waals surface area contributed by atoms with Crippen LogP contribution in [-0.4, -0.2) is 33.4 Å². The molecule has 1 aliphatic rings. The summed E-state index contributed by atoms with van der Waals surface area (Å²) in [6, 6.07) is 5.60. The second kappa shape index (κ2) is 6.70. The third kappa shape index (κ3) is 3.60. The number of carboxylic acids is 1. The molecule has 0 aromatic carbocycles. The minimum atomic E-state index is -0.855. The predicted molar refractivity (Wildman–Crippen MR) is 78.3 cm³/mol. The minimum absolute atomic E-state index is 0.0556. The maximum atomic E-state index is 12.7. The van der Waals surface area contributed by atoms with E-state index >= 15 is 0 Å². The third-order valence-corrected chi connectivity index (χ3v) is 4.21. The number of aliphatic carboxylic acids is 1. The molecule has 0 aliphatic heterocycles. The van der Waals surface area contributed by atoms with E-state index in [2.05, 4.69) is 4.98 Å². The maximum absolute atomic E-state index is 12.7. The van der Waals surface area contributed by atoms with Gasteiger partial charge in [-0.15, -0.1) is 0 Å². The van der Waals surface area contributed by atoms with Gasteiger partial charge in [-0.2, -0.15) is 0 Å². The first-order valence-corrected chi connectivity index (χ1v) is 7.44. The van der Waals surface area contributed by atoms with Crippen LogP contribution in [0, 0.1) is 17.8 Å². The largest absolute Gasteiger partial charge is 0.481 e. The Morgan fingerprint density at radius 3 is 2.62 bits per heavy atom. The van der Waals surface area contributed by atoms with E-state index < -0.39 is 17.8 Å². The highest BCUT2D eigenvalue weighted by molar-refractivity contribution is 5.85. The average molecular weight is 290 g/mol. The number of carbonyl (C=O) groups excluding carboxylic acids is 1. The molecule has 0 bridgehead atoms. The van der Waals surface area contributed by atoms with E-state index in [0.29, 0.717) is 25.9 Å². The van der Waals surface area contributed by atoms with Gasteiger partial charge < -0.3 is 10.0 Å². The zero-order valence-electron chi connectivity index (χ0n) is 12.5. The van der Waals surface area contributed by atoms with Crippen molar-refractivity contribution in [2.24, 2.45) is 17.8 Å². The van der Waals surface area contributed by atoms with Crippen LogP contribution in [0.1, 0.15) is 32.4 Å². The lowest BCUT2D eigenvalue weighted by Crippen LogP contribution is -2.39. The topological polar surface area (TPSA) is 70.5 Å². The highest BCUT2D eigenvalue weighted by Gasteiger charge is 2.42. The van der Waals surface area contributed by atoms with Gasteiger partial charge in [0.15, 0.2) is 0 Å². The second-order valence-corrected chi connectivity index (χ2v) is 5.80. The number of amides is 1. The molecule has 1 aromatic rings. The quantitative estimate of drug-likeness (QED) is 0.902. The van der Waals surface area contributed by atoms with Gasteiger partial charge in [-0.05, 0) is 37.8 Å². The van der Waals surface area contributed by atoms with Crippen molar-refractivity contribution in [3.63, 3.8) is 0 Å². The number of hydrogen-bond donors (Lipinski definition) is 1. The Bertz CT molecular complexity index is 504. The molecule has 1 amide bonds. The van der Waals surface area contributed by atoms with Crippen LogP contribution in [0.2, 0.25) is 0 Å². The van der Waals surface area contributed by atoms with Crippen molar-refractivity contribution < 1.29 is 14.7 Å². The molecule has 114 valence electrons. The van der Waals surface area contributed by atoms with Gasteiger partial charge in [0.25, 0.3) is 0 Å². The van der Waals surface area contributed by atoms with E-state index in [9.17, 15) is 14.7 Å². The zero-order chi connectivity index (χ0) is 15.4. The molecular formula is C16H22N2O3. The summed E-state index contributed by atoms with van der Waals surface area (Å²) in [6.45, 7) is 4.92. The molecule has 1 heterocycles. The number of carboxylic acid groups (broad SMARTS) is 1. The van der Waals surface area contributed by atoms with Crippen molar-refractivity contribution in [3.8, 4) is 0 Å². The Morgan fingerprint density at radius 2 is 2.05 bits per heavy atom. The van der Waals surface area contributed by atoms with Gasteiger partial charge in [-0.25, -0.2) is 0 Å². The monoisotopic (exact) mass is 290 g/mol. The first-order chi connectivity index (χ1) is 10.0. The van der Waals surface area contributed by atoms with E-state index in [1.165, 1.54) is 0 Å². The van der Waals surface area contributed by atoms with Gasteiger partial charge in [0.1, 0.15) is 0 Å². The Morgan fingerprint density at radius 1 is 1.33 bits per heavy atom. The van der Waals surface area contributed by atoms with Crippen molar-refractivity contribution >= 4 is 11.9 Å². The summed E-state index contributed by atoms with van der Waals surface area (Å²) in [5, 5.41) is 9.31. The highest BCUT2D eigenvalue weighted by Crippen LogP contribution is 2.37.